The first kappa shape index (κ1) is 14.3. The van der Waals surface area contributed by atoms with Crippen LogP contribution in [0.15, 0.2) is 97.1 Å². The summed E-state index contributed by atoms with van der Waals surface area (Å²) in [5.41, 5.74) is 10.4. The highest BCUT2D eigenvalue weighted by molar-refractivity contribution is 5.97. The van der Waals surface area contributed by atoms with Gasteiger partial charge in [-0.2, -0.15) is 0 Å². The second-order valence-corrected chi connectivity index (χ2v) is 5.76. The summed E-state index contributed by atoms with van der Waals surface area (Å²) in [6.45, 7) is 0. The predicted molar refractivity (Wildman–Crippen MR) is 103 cm³/mol. The van der Waals surface area contributed by atoms with E-state index in [1.807, 2.05) is 30.3 Å². The molecular weight excluding hydrogens is 292 g/mol. The fraction of sp³-hybridized carbons (Fsp3) is 0. The van der Waals surface area contributed by atoms with Gasteiger partial charge in [-0.05, 0) is 41.8 Å². The third kappa shape index (κ3) is 2.59. The maximum absolute atomic E-state index is 6.32. The van der Waals surface area contributed by atoms with Crippen LogP contribution in [0, 0.1) is 0 Å². The van der Waals surface area contributed by atoms with Gasteiger partial charge in [-0.3, -0.25) is 0 Å². The number of para-hydroxylation sites is 2. The monoisotopic (exact) mass is 310 g/mol. The Hall–Kier alpha value is -3.26. The molecule has 0 aliphatic carbocycles. The Bertz CT molecular complexity index is 923. The van der Waals surface area contributed by atoms with Gasteiger partial charge in [0.15, 0.2) is 0 Å². The van der Waals surface area contributed by atoms with Crippen LogP contribution in [0.1, 0.15) is 0 Å². The van der Waals surface area contributed by atoms with E-state index in [1.54, 1.807) is 0 Å². The molecule has 0 unspecified atom stereocenters. The Kier molecular flexibility index (Phi) is 3.64. The van der Waals surface area contributed by atoms with Crippen molar-refractivity contribution in [3.8, 4) is 0 Å². The van der Waals surface area contributed by atoms with E-state index in [-0.39, 0.29) is 0 Å². The number of nitrogen functional groups attached to an aromatic ring is 1. The van der Waals surface area contributed by atoms with Gasteiger partial charge < -0.3 is 10.6 Å². The lowest BCUT2D eigenvalue weighted by Gasteiger charge is -2.26. The summed E-state index contributed by atoms with van der Waals surface area (Å²) < 4.78 is 0. The predicted octanol–water partition coefficient (Wildman–Crippen LogP) is 5.89. The van der Waals surface area contributed by atoms with Crippen LogP contribution < -0.4 is 10.6 Å². The molecular formula is C22H18N2. The van der Waals surface area contributed by atoms with E-state index in [9.17, 15) is 0 Å². The van der Waals surface area contributed by atoms with Gasteiger partial charge in [-0.1, -0.05) is 60.7 Å². The zero-order chi connectivity index (χ0) is 16.4. The van der Waals surface area contributed by atoms with Gasteiger partial charge in [0.05, 0.1) is 0 Å². The normalized spacial score (nSPS) is 10.7. The number of benzene rings is 4. The number of rotatable bonds is 3. The lowest BCUT2D eigenvalue weighted by atomic mass is 10.1. The van der Waals surface area contributed by atoms with E-state index in [1.165, 1.54) is 0 Å². The molecule has 0 radical (unpaired) electrons. The standard InChI is InChI=1S/C22H18N2/c23-22-16-20(15-17-9-7-8-14-21(17)22)24(18-10-3-1-4-11-18)19-12-5-2-6-13-19/h1-16H,23H2. The van der Waals surface area contributed by atoms with E-state index in [0.29, 0.717) is 0 Å². The maximum Gasteiger partial charge on any atom is 0.0488 e. The molecule has 2 N–H and O–H groups in total. The number of hydrogen-bond acceptors (Lipinski definition) is 2. The van der Waals surface area contributed by atoms with Gasteiger partial charge in [0.25, 0.3) is 0 Å². The smallest absolute Gasteiger partial charge is 0.0488 e. The Morgan fingerprint density at radius 2 is 1.08 bits per heavy atom. The van der Waals surface area contributed by atoms with Crippen LogP contribution in [-0.4, -0.2) is 0 Å². The highest BCUT2D eigenvalue weighted by Gasteiger charge is 2.13. The molecule has 0 aliphatic rings. The number of hydrogen-bond donors (Lipinski definition) is 1. The Morgan fingerprint density at radius 1 is 0.542 bits per heavy atom. The molecule has 0 bridgehead atoms. The topological polar surface area (TPSA) is 29.3 Å². The van der Waals surface area contributed by atoms with E-state index < -0.39 is 0 Å². The summed E-state index contributed by atoms with van der Waals surface area (Å²) in [7, 11) is 0. The Morgan fingerprint density at radius 3 is 1.71 bits per heavy atom. The molecule has 116 valence electrons. The molecule has 0 saturated carbocycles. The summed E-state index contributed by atoms with van der Waals surface area (Å²) in [5.74, 6) is 0. The van der Waals surface area contributed by atoms with Crippen LogP contribution in [0.2, 0.25) is 0 Å². The van der Waals surface area contributed by atoms with E-state index in [4.69, 9.17) is 5.73 Å². The molecule has 2 heteroatoms. The number of anilines is 4. The van der Waals surface area contributed by atoms with E-state index >= 15 is 0 Å². The zero-order valence-electron chi connectivity index (χ0n) is 13.3. The summed E-state index contributed by atoms with van der Waals surface area (Å²) in [4.78, 5) is 2.22. The van der Waals surface area contributed by atoms with Crippen molar-refractivity contribution in [2.45, 2.75) is 0 Å². The van der Waals surface area contributed by atoms with Crippen molar-refractivity contribution in [1.82, 2.24) is 0 Å². The molecule has 0 spiro atoms. The average Bonchev–Trinajstić information content (AvgIpc) is 2.64. The lowest BCUT2D eigenvalue weighted by Crippen LogP contribution is -2.10. The van der Waals surface area contributed by atoms with Gasteiger partial charge in [0.1, 0.15) is 0 Å². The van der Waals surface area contributed by atoms with Crippen molar-refractivity contribution in [3.05, 3.63) is 97.1 Å². The number of fused-ring (bicyclic) bond motifs is 1. The Labute approximate surface area is 141 Å². The molecule has 0 aromatic heterocycles. The molecule has 4 rings (SSSR count). The van der Waals surface area contributed by atoms with Crippen LogP contribution in [0.3, 0.4) is 0 Å². The SMILES string of the molecule is Nc1cc(N(c2ccccc2)c2ccccc2)cc2ccccc12. The van der Waals surface area contributed by atoms with Crippen LogP contribution in [-0.2, 0) is 0 Å². The fourth-order valence-electron chi connectivity index (χ4n) is 3.05. The highest BCUT2D eigenvalue weighted by Crippen LogP contribution is 2.37. The highest BCUT2D eigenvalue weighted by atomic mass is 15.1. The molecule has 0 fully saturated rings. The Balaban J connectivity index is 1.94. The summed E-state index contributed by atoms with van der Waals surface area (Å²) in [5, 5.41) is 2.23. The first-order chi connectivity index (χ1) is 11.8. The third-order valence-electron chi connectivity index (χ3n) is 4.17. The third-order valence-corrected chi connectivity index (χ3v) is 4.17. The van der Waals surface area contributed by atoms with Crippen molar-refractivity contribution < 1.29 is 0 Å². The van der Waals surface area contributed by atoms with Gasteiger partial charge in [0.2, 0.25) is 0 Å². The number of nitrogens with two attached hydrogens (primary N) is 1. The summed E-state index contributed by atoms with van der Waals surface area (Å²) in [6, 6.07) is 33.2. The van der Waals surface area contributed by atoms with Crippen molar-refractivity contribution in [3.63, 3.8) is 0 Å². The van der Waals surface area contributed by atoms with E-state index in [2.05, 4.69) is 71.6 Å². The minimum absolute atomic E-state index is 0.792. The summed E-state index contributed by atoms with van der Waals surface area (Å²) in [6.07, 6.45) is 0. The van der Waals surface area contributed by atoms with Crippen LogP contribution in [0.4, 0.5) is 22.7 Å². The van der Waals surface area contributed by atoms with Gasteiger partial charge in [-0.15, -0.1) is 0 Å². The van der Waals surface area contributed by atoms with Gasteiger partial charge in [-0.25, -0.2) is 0 Å². The number of nitrogens with zero attached hydrogens (tertiary/aromatic N) is 1. The van der Waals surface area contributed by atoms with E-state index in [0.717, 1.165) is 33.5 Å². The van der Waals surface area contributed by atoms with Crippen molar-refractivity contribution in [2.75, 3.05) is 10.6 Å². The minimum Gasteiger partial charge on any atom is -0.398 e. The van der Waals surface area contributed by atoms with Crippen molar-refractivity contribution in [1.29, 1.82) is 0 Å². The second-order valence-electron chi connectivity index (χ2n) is 5.76. The van der Waals surface area contributed by atoms with Crippen LogP contribution in [0.5, 0.6) is 0 Å². The lowest BCUT2D eigenvalue weighted by molar-refractivity contribution is 1.29. The molecule has 0 heterocycles. The molecule has 0 atom stereocenters. The largest absolute Gasteiger partial charge is 0.398 e. The van der Waals surface area contributed by atoms with Crippen molar-refractivity contribution in [2.24, 2.45) is 0 Å². The first-order valence-electron chi connectivity index (χ1n) is 8.01. The van der Waals surface area contributed by atoms with Crippen LogP contribution >= 0.6 is 0 Å². The van der Waals surface area contributed by atoms with Crippen LogP contribution in [0.25, 0.3) is 10.8 Å². The quantitative estimate of drug-likeness (QED) is 0.478. The average molecular weight is 310 g/mol. The summed E-state index contributed by atoms with van der Waals surface area (Å²) >= 11 is 0. The molecule has 4 aromatic carbocycles. The zero-order valence-corrected chi connectivity index (χ0v) is 13.3. The molecule has 4 aromatic rings. The van der Waals surface area contributed by atoms with Crippen molar-refractivity contribution >= 4 is 33.5 Å². The molecule has 2 nitrogen and oxygen atoms in total. The molecule has 0 amide bonds. The molecule has 0 aliphatic heterocycles. The molecule has 0 saturated heterocycles. The fourth-order valence-corrected chi connectivity index (χ4v) is 3.05. The first-order valence-corrected chi connectivity index (χ1v) is 8.01. The van der Waals surface area contributed by atoms with Gasteiger partial charge >= 0.3 is 0 Å². The second kappa shape index (κ2) is 6.09. The minimum atomic E-state index is 0.792. The van der Waals surface area contributed by atoms with Gasteiger partial charge in [0, 0.05) is 28.1 Å². The maximum atomic E-state index is 6.32. The molecule has 24 heavy (non-hydrogen) atoms.